The van der Waals surface area contributed by atoms with E-state index in [1.165, 1.54) is 5.56 Å². The van der Waals surface area contributed by atoms with Gasteiger partial charge in [-0.25, -0.2) is 0 Å². The van der Waals surface area contributed by atoms with E-state index in [4.69, 9.17) is 4.74 Å². The fourth-order valence-electron chi connectivity index (χ4n) is 2.30. The maximum absolute atomic E-state index is 12.0. The maximum atomic E-state index is 12.0. The number of ether oxygens (including phenoxy) is 1. The summed E-state index contributed by atoms with van der Waals surface area (Å²) in [5, 5.41) is 6.55. The van der Waals surface area contributed by atoms with E-state index in [0.29, 0.717) is 18.2 Å². The number of hydrogen-bond donors (Lipinski definition) is 2. The first-order valence-corrected chi connectivity index (χ1v) is 10.1. The van der Waals surface area contributed by atoms with Gasteiger partial charge in [0.15, 0.2) is 5.96 Å². The fourth-order valence-corrected chi connectivity index (χ4v) is 3.19. The number of nitrogens with one attached hydrogen (secondary N) is 2. The normalized spacial score (nSPS) is 14.7. The molecule has 25 heavy (non-hydrogen) atoms. The summed E-state index contributed by atoms with van der Waals surface area (Å²) in [5.74, 6) is 2.70. The highest BCUT2D eigenvalue weighted by atomic mass is 32.2. The van der Waals surface area contributed by atoms with Crippen LogP contribution in [0.1, 0.15) is 45.6 Å². The molecule has 0 aromatic heterocycles. The second-order valence-electron chi connectivity index (χ2n) is 7.05. The zero-order valence-electron chi connectivity index (χ0n) is 16.4. The Labute approximate surface area is 155 Å². The third-order valence-corrected chi connectivity index (χ3v) is 5.98. The molecule has 0 heterocycles. The zero-order valence-corrected chi connectivity index (χ0v) is 17.2. The molecular weight excluding hydrogens is 334 g/mol. The Morgan fingerprint density at radius 3 is 2.32 bits per heavy atom. The van der Waals surface area contributed by atoms with Crippen molar-refractivity contribution in [3.63, 3.8) is 0 Å². The summed E-state index contributed by atoms with van der Waals surface area (Å²) in [6.45, 7) is 9.68. The van der Waals surface area contributed by atoms with Crippen LogP contribution in [0.2, 0.25) is 0 Å². The van der Waals surface area contributed by atoms with Gasteiger partial charge in [0.25, 0.3) is 0 Å². The van der Waals surface area contributed by atoms with Crippen LogP contribution in [-0.4, -0.2) is 47.9 Å². The summed E-state index contributed by atoms with van der Waals surface area (Å²) in [4.78, 5) is 4.22. The van der Waals surface area contributed by atoms with Crippen LogP contribution in [0.3, 0.4) is 0 Å². The Morgan fingerprint density at radius 1 is 1.20 bits per heavy atom. The number of guanidine groups is 1. The van der Waals surface area contributed by atoms with E-state index in [2.05, 4.69) is 34.7 Å². The molecule has 0 spiro atoms. The Morgan fingerprint density at radius 2 is 1.80 bits per heavy atom. The maximum Gasteiger partial charge on any atom is 0.191 e. The molecule has 1 aromatic rings. The molecule has 0 saturated carbocycles. The van der Waals surface area contributed by atoms with Crippen LogP contribution in [0.4, 0.5) is 0 Å². The van der Waals surface area contributed by atoms with Gasteiger partial charge in [0.05, 0.1) is 7.11 Å². The first-order chi connectivity index (χ1) is 11.8. The average Bonchev–Trinajstić information content (AvgIpc) is 2.59. The molecule has 0 bridgehead atoms. The van der Waals surface area contributed by atoms with Crippen LogP contribution in [0, 0.1) is 0 Å². The lowest BCUT2D eigenvalue weighted by Gasteiger charge is -2.19. The molecule has 0 aliphatic rings. The third-order valence-electron chi connectivity index (χ3n) is 4.04. The molecule has 6 heteroatoms. The van der Waals surface area contributed by atoms with Crippen molar-refractivity contribution in [1.82, 2.24) is 10.6 Å². The van der Waals surface area contributed by atoms with E-state index < -0.39 is 10.8 Å². The highest BCUT2D eigenvalue weighted by molar-refractivity contribution is 7.86. The van der Waals surface area contributed by atoms with E-state index in [1.54, 1.807) is 14.2 Å². The zero-order chi connectivity index (χ0) is 18.9. The van der Waals surface area contributed by atoms with Crippen LogP contribution < -0.4 is 15.4 Å². The minimum Gasteiger partial charge on any atom is -0.497 e. The first-order valence-electron chi connectivity index (χ1n) is 8.75. The van der Waals surface area contributed by atoms with E-state index >= 15 is 0 Å². The predicted molar refractivity (Wildman–Crippen MR) is 108 cm³/mol. The van der Waals surface area contributed by atoms with Crippen molar-refractivity contribution in [2.45, 2.75) is 44.8 Å². The summed E-state index contributed by atoms with van der Waals surface area (Å²) in [5.41, 5.74) is 1.30. The molecular formula is C19H33N3O2S. The number of aliphatic imine (C=N–C) groups is 1. The van der Waals surface area contributed by atoms with E-state index in [1.807, 2.05) is 32.9 Å². The SMILES string of the molecule is CN=C(NCCC(C)c1ccc(OC)cc1)NCCS(=O)C(C)(C)C. The Balaban J connectivity index is 2.33. The van der Waals surface area contributed by atoms with Crippen LogP contribution >= 0.6 is 0 Å². The Bertz CT molecular complexity index is 565. The third kappa shape index (κ3) is 7.90. The first kappa shape index (κ1) is 21.5. The lowest BCUT2D eigenvalue weighted by molar-refractivity contribution is 0.414. The van der Waals surface area contributed by atoms with E-state index in [9.17, 15) is 4.21 Å². The quantitative estimate of drug-likeness (QED) is 0.548. The van der Waals surface area contributed by atoms with Crippen LogP contribution in [0.25, 0.3) is 0 Å². The molecule has 0 aliphatic carbocycles. The fraction of sp³-hybridized carbons (Fsp3) is 0.632. The topological polar surface area (TPSA) is 62.7 Å². The van der Waals surface area contributed by atoms with Crippen molar-refractivity contribution >= 4 is 16.8 Å². The van der Waals surface area contributed by atoms with Crippen LogP contribution in [0.5, 0.6) is 5.75 Å². The van der Waals surface area contributed by atoms with Crippen molar-refractivity contribution in [1.29, 1.82) is 0 Å². The summed E-state index contributed by atoms with van der Waals surface area (Å²) < 4.78 is 17.1. The van der Waals surface area contributed by atoms with Crippen molar-refractivity contribution in [3.8, 4) is 5.75 Å². The van der Waals surface area contributed by atoms with Crippen LogP contribution in [0.15, 0.2) is 29.3 Å². The van der Waals surface area contributed by atoms with Gasteiger partial charge >= 0.3 is 0 Å². The standard InChI is InChI=1S/C19H33N3O2S/c1-15(16-7-9-17(24-6)10-8-16)11-12-21-18(20-5)22-13-14-25(23)19(2,3)4/h7-10,15H,11-14H2,1-6H3,(H2,20,21,22). The molecule has 0 fully saturated rings. The molecule has 1 aromatic carbocycles. The van der Waals surface area contributed by atoms with E-state index in [0.717, 1.165) is 24.7 Å². The number of methoxy groups -OCH3 is 1. The molecule has 5 nitrogen and oxygen atoms in total. The number of hydrogen-bond acceptors (Lipinski definition) is 3. The van der Waals surface area contributed by atoms with Gasteiger partial charge in [-0.15, -0.1) is 0 Å². The summed E-state index contributed by atoms with van der Waals surface area (Å²) in [6, 6.07) is 8.21. The second kappa shape index (κ2) is 10.4. The van der Waals surface area contributed by atoms with Gasteiger partial charge in [-0.05, 0) is 50.8 Å². The predicted octanol–water partition coefficient (Wildman–Crippen LogP) is 2.90. The molecule has 1 rings (SSSR count). The van der Waals surface area contributed by atoms with Gasteiger partial charge < -0.3 is 15.4 Å². The van der Waals surface area contributed by atoms with Crippen molar-refractivity contribution in [3.05, 3.63) is 29.8 Å². The van der Waals surface area contributed by atoms with Crippen molar-refractivity contribution in [2.24, 2.45) is 4.99 Å². The monoisotopic (exact) mass is 367 g/mol. The van der Waals surface area contributed by atoms with Gasteiger partial charge in [-0.2, -0.15) is 0 Å². The van der Waals surface area contributed by atoms with Gasteiger partial charge in [-0.3, -0.25) is 9.20 Å². The smallest absolute Gasteiger partial charge is 0.191 e. The van der Waals surface area contributed by atoms with Gasteiger partial charge in [0, 0.05) is 41.4 Å². The second-order valence-corrected chi connectivity index (χ2v) is 9.37. The molecule has 0 saturated heterocycles. The van der Waals surface area contributed by atoms with Gasteiger partial charge in [-0.1, -0.05) is 19.1 Å². The lowest BCUT2D eigenvalue weighted by Crippen LogP contribution is -2.40. The Hall–Kier alpha value is -1.56. The van der Waals surface area contributed by atoms with Gasteiger partial charge in [0.2, 0.25) is 0 Å². The highest BCUT2D eigenvalue weighted by Gasteiger charge is 2.18. The average molecular weight is 368 g/mol. The molecule has 0 aliphatic heterocycles. The number of benzene rings is 1. The largest absolute Gasteiger partial charge is 0.497 e. The van der Waals surface area contributed by atoms with Crippen molar-refractivity contribution in [2.75, 3.05) is 33.0 Å². The molecule has 2 N–H and O–H groups in total. The van der Waals surface area contributed by atoms with Crippen molar-refractivity contribution < 1.29 is 8.95 Å². The highest BCUT2D eigenvalue weighted by Crippen LogP contribution is 2.21. The molecule has 0 radical (unpaired) electrons. The molecule has 2 atom stereocenters. The van der Waals surface area contributed by atoms with Crippen LogP contribution in [-0.2, 0) is 10.8 Å². The molecule has 2 unspecified atom stereocenters. The number of rotatable bonds is 8. The Kier molecular flexibility index (Phi) is 8.97. The van der Waals surface area contributed by atoms with E-state index in [-0.39, 0.29) is 4.75 Å². The molecule has 142 valence electrons. The number of nitrogens with zero attached hydrogens (tertiary/aromatic N) is 1. The summed E-state index contributed by atoms with van der Waals surface area (Å²) in [7, 11) is 2.58. The van der Waals surface area contributed by atoms with Gasteiger partial charge in [0.1, 0.15) is 5.75 Å². The minimum absolute atomic E-state index is 0.174. The molecule has 0 amide bonds. The summed E-state index contributed by atoms with van der Waals surface area (Å²) >= 11 is 0. The lowest BCUT2D eigenvalue weighted by atomic mass is 9.98. The minimum atomic E-state index is -0.852. The summed E-state index contributed by atoms with van der Waals surface area (Å²) in [6.07, 6.45) is 1.00.